The summed E-state index contributed by atoms with van der Waals surface area (Å²) in [5.74, 6) is 5.40. The first kappa shape index (κ1) is 24.1. The van der Waals surface area contributed by atoms with Gasteiger partial charge in [-0.1, -0.05) is 102 Å². The Labute approximate surface area is 212 Å². The average Bonchev–Trinajstić information content (AvgIpc) is 3.29. The number of aryl methyl sites for hydroxylation is 1. The van der Waals surface area contributed by atoms with Gasteiger partial charge in [-0.25, -0.2) is 0 Å². The van der Waals surface area contributed by atoms with E-state index in [1.807, 2.05) is 0 Å². The number of hydrogen-bond donors (Lipinski definition) is 0. The Hall–Kier alpha value is -2.60. The average molecular weight is 463 g/mol. The van der Waals surface area contributed by atoms with Crippen molar-refractivity contribution in [3.63, 3.8) is 0 Å². The molecule has 2 unspecified atom stereocenters. The monoisotopic (exact) mass is 462 g/mol. The molecule has 2 saturated carbocycles. The first-order valence-electron chi connectivity index (χ1n) is 13.2. The van der Waals surface area contributed by atoms with Crippen molar-refractivity contribution < 1.29 is 0 Å². The third kappa shape index (κ3) is 3.25. The zero-order valence-corrected chi connectivity index (χ0v) is 20.1. The minimum absolute atomic E-state index is 0. The van der Waals surface area contributed by atoms with Crippen molar-refractivity contribution in [2.24, 2.45) is 29.6 Å². The summed E-state index contributed by atoms with van der Waals surface area (Å²) in [4.78, 5) is 0. The molecule has 0 heteroatoms. The highest BCUT2D eigenvalue weighted by Gasteiger charge is 2.60. The molecular formula is C35H42. The van der Waals surface area contributed by atoms with Crippen LogP contribution in [0.1, 0.15) is 75.8 Å². The fraction of sp³-hybridized carbons (Fsp3) is 0.429. The highest BCUT2D eigenvalue weighted by Crippen LogP contribution is 2.68. The molecule has 182 valence electrons. The summed E-state index contributed by atoms with van der Waals surface area (Å²) in [6.45, 7) is 7.34. The van der Waals surface area contributed by atoms with Gasteiger partial charge in [-0.3, -0.25) is 0 Å². The summed E-state index contributed by atoms with van der Waals surface area (Å²) >= 11 is 0. The Bertz CT molecular complexity index is 1340. The van der Waals surface area contributed by atoms with Crippen LogP contribution in [0.25, 0.3) is 21.5 Å². The second-order valence-corrected chi connectivity index (χ2v) is 11.3. The zero-order valence-electron chi connectivity index (χ0n) is 20.1. The molecule has 3 aliphatic carbocycles. The van der Waals surface area contributed by atoms with Gasteiger partial charge in [0.2, 0.25) is 0 Å². The minimum atomic E-state index is 0. The molecule has 7 rings (SSSR count). The van der Waals surface area contributed by atoms with Crippen molar-refractivity contribution in [3.8, 4) is 0 Å². The molecule has 0 aliphatic heterocycles. The SMILES string of the molecule is C.C.CCc1c2ccccc2c(Cc2cccc3c2[C@@H]2C(C3)C3C[C@H](C)[C@H](C)[C@@H]32)c2ccccc12. The van der Waals surface area contributed by atoms with E-state index >= 15 is 0 Å². The maximum Gasteiger partial charge on any atom is -0.00105 e. The molecule has 0 heterocycles. The highest BCUT2D eigenvalue weighted by molar-refractivity contribution is 6.06. The van der Waals surface area contributed by atoms with Crippen LogP contribution in [-0.2, 0) is 19.3 Å². The van der Waals surface area contributed by atoms with Crippen LogP contribution >= 0.6 is 0 Å². The van der Waals surface area contributed by atoms with E-state index in [0.717, 1.165) is 48.3 Å². The lowest BCUT2D eigenvalue weighted by Gasteiger charge is -2.48. The van der Waals surface area contributed by atoms with E-state index in [-0.39, 0.29) is 14.9 Å². The number of rotatable bonds is 3. The van der Waals surface area contributed by atoms with E-state index < -0.39 is 0 Å². The van der Waals surface area contributed by atoms with Crippen molar-refractivity contribution in [1.29, 1.82) is 0 Å². The smallest absolute Gasteiger partial charge is 0.00105 e. The molecule has 0 nitrogen and oxygen atoms in total. The predicted molar refractivity (Wildman–Crippen MR) is 153 cm³/mol. The topological polar surface area (TPSA) is 0 Å². The molecule has 0 bridgehead atoms. The highest BCUT2D eigenvalue weighted by atomic mass is 14.6. The molecular weight excluding hydrogens is 420 g/mol. The van der Waals surface area contributed by atoms with Gasteiger partial charge in [-0.15, -0.1) is 0 Å². The Balaban J connectivity index is 0.00000127. The maximum atomic E-state index is 2.54. The Morgan fingerprint density at radius 1 is 0.714 bits per heavy atom. The minimum Gasteiger partial charge on any atom is -0.0776 e. The standard InChI is InChI=1S/C33H34.2CH4/c1-4-23-24-12-5-7-14-26(24)28(27-15-8-6-13-25(23)27)17-21-10-9-11-22-18-30-29-16-19(2)20(3)31(29)33(30)32(21)22;;/h5-15,19-20,29-31,33H,4,16-18H2,1-3H3;2*1H4/t19-,20-,29?,30?,31-,33+;;/m0../s1. The van der Waals surface area contributed by atoms with Gasteiger partial charge in [-0.2, -0.15) is 0 Å². The van der Waals surface area contributed by atoms with Crippen LogP contribution < -0.4 is 0 Å². The summed E-state index contributed by atoms with van der Waals surface area (Å²) < 4.78 is 0. The van der Waals surface area contributed by atoms with Crippen LogP contribution in [0.5, 0.6) is 0 Å². The molecule has 35 heavy (non-hydrogen) atoms. The van der Waals surface area contributed by atoms with Crippen LogP contribution in [-0.4, -0.2) is 0 Å². The lowest BCUT2D eigenvalue weighted by atomic mass is 9.56. The van der Waals surface area contributed by atoms with Gasteiger partial charge < -0.3 is 0 Å². The third-order valence-corrected chi connectivity index (χ3v) is 10.0. The van der Waals surface area contributed by atoms with E-state index in [1.54, 1.807) is 16.7 Å². The third-order valence-electron chi connectivity index (χ3n) is 10.0. The van der Waals surface area contributed by atoms with E-state index in [1.165, 1.54) is 45.5 Å². The van der Waals surface area contributed by atoms with Gasteiger partial charge in [-0.05, 0) is 111 Å². The van der Waals surface area contributed by atoms with Crippen molar-refractivity contribution in [3.05, 3.63) is 94.5 Å². The van der Waals surface area contributed by atoms with Crippen molar-refractivity contribution in [2.75, 3.05) is 0 Å². The van der Waals surface area contributed by atoms with Gasteiger partial charge in [0, 0.05) is 0 Å². The molecule has 4 aromatic rings. The molecule has 3 aliphatic rings. The Kier molecular flexibility index (Phi) is 6.07. The second-order valence-electron chi connectivity index (χ2n) is 11.3. The molecule has 0 radical (unpaired) electrons. The molecule has 0 spiro atoms. The molecule has 4 aromatic carbocycles. The van der Waals surface area contributed by atoms with E-state index in [2.05, 4.69) is 87.5 Å². The summed E-state index contributed by atoms with van der Waals surface area (Å²) in [7, 11) is 0. The molecule has 0 saturated heterocycles. The maximum absolute atomic E-state index is 2.54. The predicted octanol–water partition coefficient (Wildman–Crippen LogP) is 9.60. The number of hydrogen-bond acceptors (Lipinski definition) is 0. The van der Waals surface area contributed by atoms with Crippen LogP contribution in [0, 0.1) is 29.6 Å². The first-order chi connectivity index (χ1) is 16.2. The largest absolute Gasteiger partial charge is 0.0776 e. The van der Waals surface area contributed by atoms with Gasteiger partial charge in [0.25, 0.3) is 0 Å². The van der Waals surface area contributed by atoms with Gasteiger partial charge in [0.05, 0.1) is 0 Å². The quantitative estimate of drug-likeness (QED) is 0.266. The summed E-state index contributed by atoms with van der Waals surface area (Å²) in [5.41, 5.74) is 8.04. The summed E-state index contributed by atoms with van der Waals surface area (Å²) in [5, 5.41) is 5.80. The van der Waals surface area contributed by atoms with Gasteiger partial charge >= 0.3 is 0 Å². The first-order valence-corrected chi connectivity index (χ1v) is 13.2. The number of benzene rings is 4. The lowest BCUT2D eigenvalue weighted by Crippen LogP contribution is -2.42. The van der Waals surface area contributed by atoms with Crippen LogP contribution in [0.15, 0.2) is 66.7 Å². The summed E-state index contributed by atoms with van der Waals surface area (Å²) in [6.07, 6.45) is 4.92. The molecule has 6 atom stereocenters. The van der Waals surface area contributed by atoms with Crippen molar-refractivity contribution >= 4 is 21.5 Å². The lowest BCUT2D eigenvalue weighted by molar-refractivity contribution is 0.0511. The zero-order chi connectivity index (χ0) is 22.3. The van der Waals surface area contributed by atoms with Gasteiger partial charge in [0.15, 0.2) is 0 Å². The van der Waals surface area contributed by atoms with E-state index in [0.29, 0.717) is 0 Å². The molecule has 0 N–H and O–H groups in total. The Morgan fingerprint density at radius 2 is 1.31 bits per heavy atom. The van der Waals surface area contributed by atoms with Crippen LogP contribution in [0.3, 0.4) is 0 Å². The summed E-state index contributed by atoms with van der Waals surface area (Å²) in [6, 6.07) is 25.5. The van der Waals surface area contributed by atoms with Gasteiger partial charge in [0.1, 0.15) is 0 Å². The van der Waals surface area contributed by atoms with Crippen LogP contribution in [0.4, 0.5) is 0 Å². The fourth-order valence-corrected chi connectivity index (χ4v) is 8.47. The van der Waals surface area contributed by atoms with E-state index in [9.17, 15) is 0 Å². The fourth-order valence-electron chi connectivity index (χ4n) is 8.47. The molecule has 0 amide bonds. The number of fused-ring (bicyclic) bond motifs is 8. The second kappa shape index (κ2) is 8.81. The normalized spacial score (nSPS) is 28.0. The molecule has 0 aromatic heterocycles. The van der Waals surface area contributed by atoms with Crippen molar-refractivity contribution in [1.82, 2.24) is 0 Å². The Morgan fingerprint density at radius 3 is 1.91 bits per heavy atom. The molecule has 2 fully saturated rings. The van der Waals surface area contributed by atoms with Crippen LogP contribution in [0.2, 0.25) is 0 Å². The van der Waals surface area contributed by atoms with Crippen molar-refractivity contribution in [2.45, 2.75) is 67.2 Å². The van der Waals surface area contributed by atoms with E-state index in [4.69, 9.17) is 0 Å².